The van der Waals surface area contributed by atoms with E-state index in [1.54, 1.807) is 0 Å². The maximum absolute atomic E-state index is 3.55. The van der Waals surface area contributed by atoms with Gasteiger partial charge in [0.1, 0.15) is 0 Å². The van der Waals surface area contributed by atoms with Crippen LogP contribution in [-0.2, 0) is 6.54 Å². The van der Waals surface area contributed by atoms with Crippen molar-refractivity contribution < 1.29 is 0 Å². The molecule has 0 aliphatic rings. The van der Waals surface area contributed by atoms with E-state index >= 15 is 0 Å². The van der Waals surface area contributed by atoms with E-state index in [2.05, 4.69) is 37.1 Å². The molecule has 0 aliphatic heterocycles. The number of aromatic nitrogens is 1. The van der Waals surface area contributed by atoms with E-state index in [0.717, 1.165) is 6.54 Å². The van der Waals surface area contributed by atoms with Crippen LogP contribution in [0.4, 0.5) is 0 Å². The van der Waals surface area contributed by atoms with Crippen molar-refractivity contribution in [2.75, 3.05) is 0 Å². The van der Waals surface area contributed by atoms with Gasteiger partial charge >= 0.3 is 0 Å². The average molecular weight is 180 g/mol. The van der Waals surface area contributed by atoms with Crippen LogP contribution in [0.5, 0.6) is 0 Å². The molecule has 1 aromatic heterocycles. The van der Waals surface area contributed by atoms with Crippen LogP contribution in [0.1, 0.15) is 32.8 Å². The summed E-state index contributed by atoms with van der Waals surface area (Å²) in [6, 6.07) is 2.75. The van der Waals surface area contributed by atoms with Crippen LogP contribution in [0.25, 0.3) is 0 Å². The van der Waals surface area contributed by atoms with Crippen LogP contribution in [0, 0.1) is 5.92 Å². The van der Waals surface area contributed by atoms with Gasteiger partial charge in [-0.3, -0.25) is 0 Å². The Hall–Kier alpha value is -0.760. The first-order valence-corrected chi connectivity index (χ1v) is 5.09. The number of rotatable bonds is 5. The molecule has 1 rings (SSSR count). The lowest BCUT2D eigenvalue weighted by molar-refractivity contribution is 0.387. The van der Waals surface area contributed by atoms with Crippen molar-refractivity contribution >= 4 is 0 Å². The summed E-state index contributed by atoms with van der Waals surface area (Å²) in [6.45, 7) is 7.73. The highest BCUT2D eigenvalue weighted by Crippen LogP contribution is 2.06. The molecule has 0 radical (unpaired) electrons. The lowest BCUT2D eigenvalue weighted by atomic mass is 10.0. The third-order valence-corrected chi connectivity index (χ3v) is 2.48. The molecule has 74 valence electrons. The van der Waals surface area contributed by atoms with Gasteiger partial charge in [0, 0.05) is 25.0 Å². The number of hydrogen-bond donors (Lipinski definition) is 2. The Kier molecular flexibility index (Phi) is 4.03. The summed E-state index contributed by atoms with van der Waals surface area (Å²) in [6.07, 6.45) is 5.20. The van der Waals surface area contributed by atoms with Crippen LogP contribution in [0.3, 0.4) is 0 Å². The summed E-state index contributed by atoms with van der Waals surface area (Å²) in [5.74, 6) is 0.712. The summed E-state index contributed by atoms with van der Waals surface area (Å²) in [5, 5.41) is 3.55. The van der Waals surface area contributed by atoms with E-state index in [4.69, 9.17) is 0 Å². The molecule has 0 saturated heterocycles. The van der Waals surface area contributed by atoms with Crippen LogP contribution in [-0.4, -0.2) is 11.0 Å². The second kappa shape index (κ2) is 5.07. The minimum atomic E-state index is 0.634. The fraction of sp³-hybridized carbons (Fsp3) is 0.636. The van der Waals surface area contributed by atoms with Gasteiger partial charge in [-0.1, -0.05) is 20.8 Å². The first-order chi connectivity index (χ1) is 6.24. The Balaban J connectivity index is 2.32. The predicted molar refractivity (Wildman–Crippen MR) is 56.5 cm³/mol. The average Bonchev–Trinajstić information content (AvgIpc) is 2.57. The van der Waals surface area contributed by atoms with Gasteiger partial charge < -0.3 is 10.3 Å². The maximum Gasteiger partial charge on any atom is 0.0223 e. The first-order valence-electron chi connectivity index (χ1n) is 5.09. The molecule has 0 aliphatic carbocycles. The Labute approximate surface area is 80.7 Å². The highest BCUT2D eigenvalue weighted by atomic mass is 14.9. The van der Waals surface area contributed by atoms with Gasteiger partial charge in [0.2, 0.25) is 0 Å². The van der Waals surface area contributed by atoms with Crippen molar-refractivity contribution in [3.8, 4) is 0 Å². The summed E-state index contributed by atoms with van der Waals surface area (Å²) in [7, 11) is 0. The molecule has 1 aromatic rings. The molecular weight excluding hydrogens is 160 g/mol. The first kappa shape index (κ1) is 10.3. The molecule has 0 amide bonds. The van der Waals surface area contributed by atoms with Crippen molar-refractivity contribution in [3.05, 3.63) is 24.0 Å². The number of nitrogens with one attached hydrogen (secondary N) is 2. The summed E-state index contributed by atoms with van der Waals surface area (Å²) in [4.78, 5) is 3.06. The van der Waals surface area contributed by atoms with Crippen molar-refractivity contribution in [2.45, 2.75) is 39.8 Å². The van der Waals surface area contributed by atoms with Crippen LogP contribution in [0.15, 0.2) is 18.5 Å². The minimum Gasteiger partial charge on any atom is -0.367 e. The van der Waals surface area contributed by atoms with Gasteiger partial charge in [-0.2, -0.15) is 0 Å². The van der Waals surface area contributed by atoms with Gasteiger partial charge in [-0.15, -0.1) is 0 Å². The normalized spacial score (nSPS) is 13.5. The van der Waals surface area contributed by atoms with Gasteiger partial charge in [0.25, 0.3) is 0 Å². The summed E-state index contributed by atoms with van der Waals surface area (Å²) >= 11 is 0. The van der Waals surface area contributed by atoms with E-state index in [1.165, 1.54) is 12.0 Å². The molecule has 1 unspecified atom stereocenters. The zero-order chi connectivity index (χ0) is 9.68. The molecule has 1 heterocycles. The van der Waals surface area contributed by atoms with Gasteiger partial charge in [0.05, 0.1) is 0 Å². The van der Waals surface area contributed by atoms with E-state index in [9.17, 15) is 0 Å². The van der Waals surface area contributed by atoms with Crippen molar-refractivity contribution in [1.82, 2.24) is 10.3 Å². The van der Waals surface area contributed by atoms with Gasteiger partial charge in [-0.05, 0) is 24.0 Å². The van der Waals surface area contributed by atoms with Gasteiger partial charge in [-0.25, -0.2) is 0 Å². The molecule has 2 heteroatoms. The lowest BCUT2D eigenvalue weighted by Crippen LogP contribution is -2.32. The smallest absolute Gasteiger partial charge is 0.0223 e. The quantitative estimate of drug-likeness (QED) is 0.716. The molecule has 0 saturated carbocycles. The van der Waals surface area contributed by atoms with Crippen LogP contribution in [0.2, 0.25) is 0 Å². The van der Waals surface area contributed by atoms with Crippen molar-refractivity contribution in [1.29, 1.82) is 0 Å². The van der Waals surface area contributed by atoms with E-state index < -0.39 is 0 Å². The maximum atomic E-state index is 3.55. The van der Waals surface area contributed by atoms with E-state index in [1.807, 2.05) is 12.4 Å². The van der Waals surface area contributed by atoms with E-state index in [-0.39, 0.29) is 0 Å². The summed E-state index contributed by atoms with van der Waals surface area (Å²) in [5.41, 5.74) is 1.33. The number of H-pyrrole nitrogens is 1. The van der Waals surface area contributed by atoms with Gasteiger partial charge in [0.15, 0.2) is 0 Å². The molecule has 1 atom stereocenters. The highest BCUT2D eigenvalue weighted by Gasteiger charge is 2.09. The Bertz CT molecular complexity index is 214. The Morgan fingerprint density at radius 1 is 1.46 bits per heavy atom. The minimum absolute atomic E-state index is 0.634. The highest BCUT2D eigenvalue weighted by molar-refractivity contribution is 5.07. The fourth-order valence-electron chi connectivity index (χ4n) is 1.57. The Morgan fingerprint density at radius 2 is 2.23 bits per heavy atom. The van der Waals surface area contributed by atoms with Crippen molar-refractivity contribution in [3.63, 3.8) is 0 Å². The standard InChI is InChI=1S/C11H20N2/c1-4-11(9(2)3)13-8-10-5-6-12-7-10/h5-7,9,11-13H,4,8H2,1-3H3. The SMILES string of the molecule is CCC(NCc1cc[nH]c1)C(C)C. The lowest BCUT2D eigenvalue weighted by Gasteiger charge is -2.20. The summed E-state index contributed by atoms with van der Waals surface area (Å²) < 4.78 is 0. The van der Waals surface area contributed by atoms with Crippen LogP contribution < -0.4 is 5.32 Å². The van der Waals surface area contributed by atoms with Crippen LogP contribution >= 0.6 is 0 Å². The zero-order valence-corrected chi connectivity index (χ0v) is 8.80. The number of hydrogen-bond acceptors (Lipinski definition) is 1. The molecule has 0 fully saturated rings. The third-order valence-electron chi connectivity index (χ3n) is 2.48. The molecule has 2 nitrogen and oxygen atoms in total. The largest absolute Gasteiger partial charge is 0.367 e. The van der Waals surface area contributed by atoms with E-state index in [0.29, 0.717) is 12.0 Å². The molecular formula is C11H20N2. The zero-order valence-electron chi connectivity index (χ0n) is 8.80. The molecule has 0 spiro atoms. The monoisotopic (exact) mass is 180 g/mol. The second-order valence-electron chi connectivity index (χ2n) is 3.86. The third kappa shape index (κ3) is 3.23. The number of aromatic amines is 1. The van der Waals surface area contributed by atoms with Crippen molar-refractivity contribution in [2.24, 2.45) is 5.92 Å². The Morgan fingerprint density at radius 3 is 2.69 bits per heavy atom. The topological polar surface area (TPSA) is 27.8 Å². The molecule has 13 heavy (non-hydrogen) atoms. The predicted octanol–water partition coefficient (Wildman–Crippen LogP) is 2.54. The molecule has 0 bridgehead atoms. The molecule has 2 N–H and O–H groups in total. The molecule has 0 aromatic carbocycles. The second-order valence-corrected chi connectivity index (χ2v) is 3.86. The fourth-order valence-corrected chi connectivity index (χ4v) is 1.57.